The van der Waals surface area contributed by atoms with E-state index in [0.29, 0.717) is 12.5 Å². The molecule has 1 aromatic heterocycles. The van der Waals surface area contributed by atoms with Crippen LogP contribution in [0.2, 0.25) is 5.02 Å². The lowest BCUT2D eigenvalue weighted by atomic mass is 10.1. The molecule has 2 aromatic rings. The third-order valence-electron chi connectivity index (χ3n) is 2.76. The van der Waals surface area contributed by atoms with Gasteiger partial charge in [-0.3, -0.25) is 0 Å². The average Bonchev–Trinajstić information content (AvgIpc) is 2.42. The van der Waals surface area contributed by atoms with Gasteiger partial charge in [0.05, 0.1) is 18.5 Å². The Morgan fingerprint density at radius 2 is 2.11 bits per heavy atom. The van der Waals surface area contributed by atoms with Crippen molar-refractivity contribution in [3.05, 3.63) is 52.7 Å². The van der Waals surface area contributed by atoms with Gasteiger partial charge in [0.25, 0.3) is 0 Å². The van der Waals surface area contributed by atoms with Crippen LogP contribution in [0.5, 0.6) is 5.88 Å². The van der Waals surface area contributed by atoms with E-state index in [4.69, 9.17) is 16.3 Å². The Kier molecular flexibility index (Phi) is 4.63. The Morgan fingerprint density at radius 1 is 1.26 bits per heavy atom. The monoisotopic (exact) mass is 276 g/mol. The molecule has 4 heteroatoms. The van der Waals surface area contributed by atoms with Gasteiger partial charge in [0.15, 0.2) is 0 Å². The van der Waals surface area contributed by atoms with Gasteiger partial charge in [-0.05, 0) is 37.1 Å². The van der Waals surface area contributed by atoms with Crippen molar-refractivity contribution in [1.29, 1.82) is 0 Å². The number of pyridine rings is 1. The first kappa shape index (κ1) is 13.7. The molecular formula is C15H17ClN2O. The van der Waals surface area contributed by atoms with Gasteiger partial charge in [0.2, 0.25) is 5.88 Å². The van der Waals surface area contributed by atoms with Crippen LogP contribution in [0.4, 0.5) is 5.69 Å². The normalized spacial score (nSPS) is 10.3. The summed E-state index contributed by atoms with van der Waals surface area (Å²) in [5, 5.41) is 4.10. The van der Waals surface area contributed by atoms with Crippen LogP contribution in [0.1, 0.15) is 18.1 Å². The van der Waals surface area contributed by atoms with Gasteiger partial charge in [-0.25, -0.2) is 4.98 Å². The largest absolute Gasteiger partial charge is 0.478 e. The third kappa shape index (κ3) is 3.86. The standard InChI is InChI=1S/C15H17ClN2O/c1-3-19-15-7-6-13(10-18-15)17-9-12-5-4-11(2)14(16)8-12/h4-8,10,17H,3,9H2,1-2H3. The molecule has 3 nitrogen and oxygen atoms in total. The average molecular weight is 277 g/mol. The third-order valence-corrected chi connectivity index (χ3v) is 3.17. The lowest BCUT2D eigenvalue weighted by Gasteiger charge is -2.08. The predicted octanol–water partition coefficient (Wildman–Crippen LogP) is 4.05. The first-order valence-corrected chi connectivity index (χ1v) is 6.64. The van der Waals surface area contributed by atoms with E-state index < -0.39 is 0 Å². The zero-order valence-electron chi connectivity index (χ0n) is 11.1. The minimum absolute atomic E-state index is 0.627. The molecule has 1 N–H and O–H groups in total. The van der Waals surface area contributed by atoms with Gasteiger partial charge < -0.3 is 10.1 Å². The van der Waals surface area contributed by atoms with Crippen LogP contribution in [0.25, 0.3) is 0 Å². The number of hydrogen-bond donors (Lipinski definition) is 1. The SMILES string of the molecule is CCOc1ccc(NCc2ccc(C)c(Cl)c2)cn1. The highest BCUT2D eigenvalue weighted by atomic mass is 35.5. The van der Waals surface area contributed by atoms with Crippen LogP contribution in [0.3, 0.4) is 0 Å². The van der Waals surface area contributed by atoms with Crippen LogP contribution >= 0.6 is 11.6 Å². The minimum Gasteiger partial charge on any atom is -0.478 e. The van der Waals surface area contributed by atoms with Crippen molar-refractivity contribution in [2.45, 2.75) is 20.4 Å². The molecule has 19 heavy (non-hydrogen) atoms. The molecule has 0 atom stereocenters. The molecule has 0 aliphatic rings. The van der Waals surface area contributed by atoms with Crippen LogP contribution in [0, 0.1) is 6.92 Å². The van der Waals surface area contributed by atoms with Crippen molar-refractivity contribution >= 4 is 17.3 Å². The molecule has 100 valence electrons. The highest BCUT2D eigenvalue weighted by Crippen LogP contribution is 2.18. The van der Waals surface area contributed by atoms with Crippen LogP contribution < -0.4 is 10.1 Å². The molecule has 0 saturated carbocycles. The topological polar surface area (TPSA) is 34.1 Å². The molecule has 0 amide bonds. The number of benzene rings is 1. The molecule has 0 bridgehead atoms. The van der Waals surface area contributed by atoms with E-state index in [1.54, 1.807) is 6.20 Å². The molecule has 0 spiro atoms. The highest BCUT2D eigenvalue weighted by Gasteiger charge is 1.99. The van der Waals surface area contributed by atoms with Gasteiger partial charge in [-0.2, -0.15) is 0 Å². The fraction of sp³-hybridized carbons (Fsp3) is 0.267. The first-order valence-electron chi connectivity index (χ1n) is 6.27. The zero-order valence-corrected chi connectivity index (χ0v) is 11.9. The Morgan fingerprint density at radius 3 is 2.74 bits per heavy atom. The fourth-order valence-electron chi connectivity index (χ4n) is 1.67. The Bertz CT molecular complexity index is 540. The van der Waals surface area contributed by atoms with Gasteiger partial charge in [0.1, 0.15) is 0 Å². The number of ether oxygens (including phenoxy) is 1. The summed E-state index contributed by atoms with van der Waals surface area (Å²) in [4.78, 5) is 4.20. The van der Waals surface area contributed by atoms with Gasteiger partial charge in [-0.1, -0.05) is 23.7 Å². The van der Waals surface area contributed by atoms with Crippen LogP contribution in [0.15, 0.2) is 36.5 Å². The summed E-state index contributed by atoms with van der Waals surface area (Å²) in [6.45, 7) is 5.28. The maximum absolute atomic E-state index is 6.09. The van der Waals surface area contributed by atoms with E-state index in [2.05, 4.69) is 16.4 Å². The Labute approximate surface area is 118 Å². The Balaban J connectivity index is 1.96. The second kappa shape index (κ2) is 6.43. The minimum atomic E-state index is 0.627. The number of rotatable bonds is 5. The maximum Gasteiger partial charge on any atom is 0.213 e. The first-order chi connectivity index (χ1) is 9.19. The number of aromatic nitrogens is 1. The number of halogens is 1. The van der Waals surface area contributed by atoms with E-state index in [1.807, 2.05) is 38.1 Å². The molecule has 1 heterocycles. The van der Waals surface area contributed by atoms with E-state index >= 15 is 0 Å². The second-order valence-corrected chi connectivity index (χ2v) is 4.66. The van der Waals surface area contributed by atoms with Crippen molar-refractivity contribution < 1.29 is 4.74 Å². The highest BCUT2D eigenvalue weighted by molar-refractivity contribution is 6.31. The van der Waals surface area contributed by atoms with Gasteiger partial charge in [0, 0.05) is 17.6 Å². The smallest absolute Gasteiger partial charge is 0.213 e. The molecule has 2 rings (SSSR count). The summed E-state index contributed by atoms with van der Waals surface area (Å²) in [7, 11) is 0. The predicted molar refractivity (Wildman–Crippen MR) is 78.9 cm³/mol. The number of aryl methyl sites for hydroxylation is 1. The van der Waals surface area contributed by atoms with E-state index in [-0.39, 0.29) is 0 Å². The summed E-state index contributed by atoms with van der Waals surface area (Å²) < 4.78 is 5.30. The number of nitrogens with zero attached hydrogens (tertiary/aromatic N) is 1. The molecule has 0 aliphatic heterocycles. The number of hydrogen-bond acceptors (Lipinski definition) is 3. The van der Waals surface area contributed by atoms with Crippen molar-refractivity contribution in [3.63, 3.8) is 0 Å². The summed E-state index contributed by atoms with van der Waals surface area (Å²) in [5.74, 6) is 0.645. The van der Waals surface area contributed by atoms with Gasteiger partial charge in [-0.15, -0.1) is 0 Å². The van der Waals surface area contributed by atoms with Crippen molar-refractivity contribution in [2.75, 3.05) is 11.9 Å². The molecule has 0 saturated heterocycles. The molecule has 1 aromatic carbocycles. The molecular weight excluding hydrogens is 260 g/mol. The second-order valence-electron chi connectivity index (χ2n) is 4.26. The summed E-state index contributed by atoms with van der Waals surface area (Å²) in [5.41, 5.74) is 3.19. The molecule has 0 unspecified atom stereocenters. The van der Waals surface area contributed by atoms with Crippen molar-refractivity contribution in [3.8, 4) is 5.88 Å². The van der Waals surface area contributed by atoms with Gasteiger partial charge >= 0.3 is 0 Å². The fourth-order valence-corrected chi connectivity index (χ4v) is 1.87. The number of nitrogens with one attached hydrogen (secondary N) is 1. The zero-order chi connectivity index (χ0) is 13.7. The van der Waals surface area contributed by atoms with Crippen LogP contribution in [-0.2, 0) is 6.54 Å². The summed E-state index contributed by atoms with van der Waals surface area (Å²) >= 11 is 6.09. The van der Waals surface area contributed by atoms with E-state index in [1.165, 1.54) is 0 Å². The summed E-state index contributed by atoms with van der Waals surface area (Å²) in [6, 6.07) is 9.87. The quantitative estimate of drug-likeness (QED) is 0.894. The van der Waals surface area contributed by atoms with E-state index in [0.717, 1.165) is 28.4 Å². The van der Waals surface area contributed by atoms with E-state index in [9.17, 15) is 0 Å². The lowest BCUT2D eigenvalue weighted by Crippen LogP contribution is -2.01. The summed E-state index contributed by atoms with van der Waals surface area (Å²) in [6.07, 6.45) is 1.76. The maximum atomic E-state index is 6.09. The molecule has 0 fully saturated rings. The molecule has 0 aliphatic carbocycles. The number of anilines is 1. The molecule has 0 radical (unpaired) electrons. The van der Waals surface area contributed by atoms with Crippen molar-refractivity contribution in [1.82, 2.24) is 4.98 Å². The lowest BCUT2D eigenvalue weighted by molar-refractivity contribution is 0.327. The van der Waals surface area contributed by atoms with Crippen molar-refractivity contribution in [2.24, 2.45) is 0 Å². The Hall–Kier alpha value is -1.74. The van der Waals surface area contributed by atoms with Crippen LogP contribution in [-0.4, -0.2) is 11.6 Å².